The van der Waals surface area contributed by atoms with E-state index < -0.39 is 4.92 Å². The highest BCUT2D eigenvalue weighted by Crippen LogP contribution is 2.37. The molecule has 0 saturated heterocycles. The van der Waals surface area contributed by atoms with E-state index >= 15 is 0 Å². The van der Waals surface area contributed by atoms with Gasteiger partial charge in [-0.2, -0.15) is 5.26 Å². The number of rotatable bonds is 5. The maximum Gasteiger partial charge on any atom is 0.283 e. The van der Waals surface area contributed by atoms with E-state index in [1.807, 2.05) is 0 Å². The molecule has 1 aliphatic heterocycles. The second-order valence-corrected chi connectivity index (χ2v) is 7.83. The zero-order valence-electron chi connectivity index (χ0n) is 15.4. The lowest BCUT2D eigenvalue weighted by atomic mass is 10.0. The van der Waals surface area contributed by atoms with E-state index in [0.717, 1.165) is 4.90 Å². The minimum absolute atomic E-state index is 0.0355. The van der Waals surface area contributed by atoms with Crippen LogP contribution in [0.4, 0.5) is 5.69 Å². The van der Waals surface area contributed by atoms with Gasteiger partial charge in [-0.25, -0.2) is 0 Å². The molecule has 0 aromatic heterocycles. The SMILES string of the molecule is N#CC(=Cc1ccc(Sc2ccc(Cl)cc2)c([N+](=O)[O-])c1)c1ccc2c(c1)OCO2. The summed E-state index contributed by atoms with van der Waals surface area (Å²) < 4.78 is 10.6. The van der Waals surface area contributed by atoms with Crippen molar-refractivity contribution in [2.24, 2.45) is 0 Å². The molecule has 0 amide bonds. The van der Waals surface area contributed by atoms with E-state index in [-0.39, 0.29) is 12.5 Å². The first kappa shape index (κ1) is 19.8. The number of hydrogen-bond donors (Lipinski definition) is 0. The number of benzene rings is 3. The number of fused-ring (bicyclic) bond motifs is 1. The second-order valence-electron chi connectivity index (χ2n) is 6.28. The number of nitrogens with zero attached hydrogens (tertiary/aromatic N) is 2. The minimum atomic E-state index is -0.428. The maximum atomic E-state index is 11.6. The van der Waals surface area contributed by atoms with E-state index in [1.165, 1.54) is 17.8 Å². The molecule has 4 rings (SSSR count). The van der Waals surface area contributed by atoms with Gasteiger partial charge in [0.25, 0.3) is 5.69 Å². The molecular weight excluding hydrogens is 424 g/mol. The third kappa shape index (κ3) is 4.25. The summed E-state index contributed by atoms with van der Waals surface area (Å²) >= 11 is 7.17. The van der Waals surface area contributed by atoms with E-state index in [4.69, 9.17) is 21.1 Å². The molecule has 30 heavy (non-hydrogen) atoms. The average Bonchev–Trinajstić information content (AvgIpc) is 3.22. The molecule has 6 nitrogen and oxygen atoms in total. The first-order valence-electron chi connectivity index (χ1n) is 8.77. The van der Waals surface area contributed by atoms with Crippen molar-refractivity contribution in [2.45, 2.75) is 9.79 Å². The molecule has 8 heteroatoms. The summed E-state index contributed by atoms with van der Waals surface area (Å²) in [5, 5.41) is 21.8. The summed E-state index contributed by atoms with van der Waals surface area (Å²) in [6.45, 7) is 0.142. The maximum absolute atomic E-state index is 11.6. The van der Waals surface area contributed by atoms with Gasteiger partial charge in [0, 0.05) is 16.0 Å². The normalized spacial score (nSPS) is 12.5. The predicted molar refractivity (Wildman–Crippen MR) is 115 cm³/mol. The van der Waals surface area contributed by atoms with Crippen LogP contribution in [-0.2, 0) is 0 Å². The summed E-state index contributed by atoms with van der Waals surface area (Å²) in [5.74, 6) is 1.18. The quantitative estimate of drug-likeness (QED) is 0.205. The fourth-order valence-corrected chi connectivity index (χ4v) is 3.92. The Morgan fingerprint density at radius 1 is 1.10 bits per heavy atom. The van der Waals surface area contributed by atoms with Gasteiger partial charge in [-0.1, -0.05) is 29.4 Å². The number of nitro benzene ring substituents is 1. The average molecular weight is 437 g/mol. The first-order valence-corrected chi connectivity index (χ1v) is 9.96. The van der Waals surface area contributed by atoms with Crippen LogP contribution in [0.1, 0.15) is 11.1 Å². The smallest absolute Gasteiger partial charge is 0.283 e. The second kappa shape index (κ2) is 8.49. The number of nitriles is 1. The molecule has 3 aromatic rings. The third-order valence-corrected chi connectivity index (χ3v) is 5.66. The molecule has 0 bridgehead atoms. The van der Waals surface area contributed by atoms with Gasteiger partial charge in [-0.15, -0.1) is 0 Å². The van der Waals surface area contributed by atoms with Crippen LogP contribution in [0.25, 0.3) is 11.6 Å². The number of ether oxygens (including phenoxy) is 2. The minimum Gasteiger partial charge on any atom is -0.454 e. The molecule has 0 fully saturated rings. The fraction of sp³-hybridized carbons (Fsp3) is 0.0455. The molecule has 0 unspecified atom stereocenters. The van der Waals surface area contributed by atoms with Gasteiger partial charge in [0.05, 0.1) is 21.5 Å². The molecular formula is C22H13ClN2O4S. The van der Waals surface area contributed by atoms with Crippen molar-refractivity contribution in [1.82, 2.24) is 0 Å². The Morgan fingerprint density at radius 3 is 2.60 bits per heavy atom. The summed E-state index contributed by atoms with van der Waals surface area (Å²) in [4.78, 5) is 12.5. The summed E-state index contributed by atoms with van der Waals surface area (Å²) in [6, 6.07) is 19.3. The van der Waals surface area contributed by atoms with Crippen LogP contribution in [0.2, 0.25) is 5.02 Å². The molecule has 0 aliphatic carbocycles. The summed E-state index contributed by atoms with van der Waals surface area (Å²) in [7, 11) is 0. The van der Waals surface area contributed by atoms with Gasteiger partial charge < -0.3 is 9.47 Å². The Hall–Kier alpha value is -3.47. The molecule has 3 aromatic carbocycles. The van der Waals surface area contributed by atoms with Gasteiger partial charge in [0.1, 0.15) is 0 Å². The zero-order chi connectivity index (χ0) is 21.1. The summed E-state index contributed by atoms with van der Waals surface area (Å²) in [6.07, 6.45) is 1.61. The van der Waals surface area contributed by atoms with Gasteiger partial charge in [0.15, 0.2) is 11.5 Å². The molecule has 0 atom stereocenters. The monoisotopic (exact) mass is 436 g/mol. The lowest BCUT2D eigenvalue weighted by Crippen LogP contribution is -1.93. The molecule has 148 valence electrons. The van der Waals surface area contributed by atoms with E-state index in [2.05, 4.69) is 6.07 Å². The van der Waals surface area contributed by atoms with Crippen LogP contribution in [-0.4, -0.2) is 11.7 Å². The fourth-order valence-electron chi connectivity index (χ4n) is 2.89. The Kier molecular flexibility index (Phi) is 5.61. The number of halogens is 1. The van der Waals surface area contributed by atoms with Gasteiger partial charge in [0.2, 0.25) is 6.79 Å². The Bertz CT molecular complexity index is 1200. The van der Waals surface area contributed by atoms with Crippen LogP contribution in [0.3, 0.4) is 0 Å². The number of allylic oxidation sites excluding steroid dienone is 1. The van der Waals surface area contributed by atoms with Crippen molar-refractivity contribution < 1.29 is 14.4 Å². The van der Waals surface area contributed by atoms with E-state index in [0.29, 0.717) is 38.1 Å². The van der Waals surface area contributed by atoms with E-state index in [1.54, 1.807) is 60.7 Å². The third-order valence-electron chi connectivity index (χ3n) is 4.34. The van der Waals surface area contributed by atoms with Crippen LogP contribution in [0.15, 0.2) is 70.5 Å². The van der Waals surface area contributed by atoms with Crippen LogP contribution < -0.4 is 9.47 Å². The van der Waals surface area contributed by atoms with Crippen molar-refractivity contribution in [1.29, 1.82) is 5.26 Å². The topological polar surface area (TPSA) is 85.4 Å². The van der Waals surface area contributed by atoms with Crippen molar-refractivity contribution in [3.63, 3.8) is 0 Å². The highest BCUT2D eigenvalue weighted by molar-refractivity contribution is 7.99. The van der Waals surface area contributed by atoms with Crippen molar-refractivity contribution in [2.75, 3.05) is 6.79 Å². The molecule has 0 radical (unpaired) electrons. The number of nitro groups is 1. The van der Waals surface area contributed by atoms with Crippen LogP contribution >= 0.6 is 23.4 Å². The molecule has 1 aliphatic rings. The summed E-state index contributed by atoms with van der Waals surface area (Å²) in [5.41, 5.74) is 1.52. The van der Waals surface area contributed by atoms with Gasteiger partial charge in [-0.05, 0) is 65.7 Å². The molecule has 0 N–H and O–H groups in total. The Balaban J connectivity index is 1.66. The van der Waals surface area contributed by atoms with Crippen molar-refractivity contribution in [3.8, 4) is 17.6 Å². The highest BCUT2D eigenvalue weighted by atomic mass is 35.5. The first-order chi connectivity index (χ1) is 14.5. The Morgan fingerprint density at radius 2 is 1.87 bits per heavy atom. The van der Waals surface area contributed by atoms with Crippen LogP contribution in [0.5, 0.6) is 11.5 Å². The predicted octanol–water partition coefficient (Wildman–Crippen LogP) is 6.19. The van der Waals surface area contributed by atoms with Gasteiger partial charge in [-0.3, -0.25) is 10.1 Å². The lowest BCUT2D eigenvalue weighted by molar-refractivity contribution is -0.387. The number of hydrogen-bond acceptors (Lipinski definition) is 6. The molecule has 0 spiro atoms. The van der Waals surface area contributed by atoms with Gasteiger partial charge >= 0.3 is 0 Å². The van der Waals surface area contributed by atoms with Crippen LogP contribution in [0, 0.1) is 21.4 Å². The largest absolute Gasteiger partial charge is 0.454 e. The van der Waals surface area contributed by atoms with Crippen molar-refractivity contribution in [3.05, 3.63) is 86.9 Å². The highest BCUT2D eigenvalue weighted by Gasteiger charge is 2.17. The van der Waals surface area contributed by atoms with Crippen molar-refractivity contribution >= 4 is 40.7 Å². The molecule has 0 saturated carbocycles. The van der Waals surface area contributed by atoms with E-state index in [9.17, 15) is 15.4 Å². The zero-order valence-corrected chi connectivity index (χ0v) is 16.9. The molecule has 1 heterocycles. The lowest BCUT2D eigenvalue weighted by Gasteiger charge is -2.06. The standard InChI is InChI=1S/C22H13ClN2O4S/c23-17-3-5-18(6-4-17)30-22-8-1-14(10-19(22)25(26)27)9-16(12-24)15-2-7-20-21(11-15)29-13-28-20/h1-11H,13H2. The Labute approximate surface area is 181 Å².